The van der Waals surface area contributed by atoms with Gasteiger partial charge in [-0.15, -0.1) is 0 Å². The summed E-state index contributed by atoms with van der Waals surface area (Å²) in [5.41, 5.74) is 31.2. The number of benzene rings is 6. The fraction of sp³-hybridized carbons (Fsp3) is 0.217. The Labute approximate surface area is 334 Å². The van der Waals surface area contributed by atoms with Crippen LogP contribution >= 0.6 is 27.5 Å². The van der Waals surface area contributed by atoms with E-state index in [1.54, 1.807) is 0 Å². The van der Waals surface area contributed by atoms with Gasteiger partial charge in [0.2, 0.25) is 0 Å². The van der Waals surface area contributed by atoms with Crippen LogP contribution in [0.2, 0.25) is 5.02 Å². The largest absolute Gasteiger partial charge is 0.489 e. The van der Waals surface area contributed by atoms with Crippen molar-refractivity contribution in [2.75, 3.05) is 17.2 Å². The smallest absolute Gasteiger partial charge is 0.120 e. The van der Waals surface area contributed by atoms with Crippen molar-refractivity contribution in [3.8, 4) is 17.2 Å². The van der Waals surface area contributed by atoms with Gasteiger partial charge in [0.05, 0.1) is 0 Å². The minimum Gasteiger partial charge on any atom is -0.489 e. The molecule has 0 bridgehead atoms. The summed E-state index contributed by atoms with van der Waals surface area (Å²) >= 11 is 9.25. The lowest BCUT2D eigenvalue weighted by Crippen LogP contribution is -1.99. The lowest BCUT2D eigenvalue weighted by atomic mass is 10.1. The highest BCUT2D eigenvalue weighted by Gasteiger charge is 2.06. The van der Waals surface area contributed by atoms with Crippen LogP contribution in [0.5, 0.6) is 17.2 Å². The Morgan fingerprint density at radius 3 is 0.981 bits per heavy atom. The summed E-state index contributed by atoms with van der Waals surface area (Å²) in [5.74, 6) is 2.58. The van der Waals surface area contributed by atoms with Gasteiger partial charge in [-0.2, -0.15) is 0 Å². The number of anilines is 3. The molecule has 54 heavy (non-hydrogen) atoms. The number of aryl methyl sites for hydroxylation is 7. The van der Waals surface area contributed by atoms with Gasteiger partial charge in [-0.3, -0.25) is 0 Å². The third-order valence-electron chi connectivity index (χ3n) is 8.87. The summed E-state index contributed by atoms with van der Waals surface area (Å²) in [6.45, 7) is 15.7. The first-order chi connectivity index (χ1) is 25.7. The van der Waals surface area contributed by atoms with E-state index in [1.165, 1.54) is 11.1 Å². The number of ether oxygens (including phenoxy) is 3. The van der Waals surface area contributed by atoms with Crippen molar-refractivity contribution in [3.63, 3.8) is 0 Å². The molecule has 0 fully saturated rings. The normalized spacial score (nSPS) is 10.4. The van der Waals surface area contributed by atoms with E-state index in [2.05, 4.69) is 47.1 Å². The van der Waals surface area contributed by atoms with E-state index < -0.39 is 0 Å². The third-order valence-corrected chi connectivity index (χ3v) is 9.65. The van der Waals surface area contributed by atoms with Crippen molar-refractivity contribution >= 4 is 44.6 Å². The molecule has 6 aromatic rings. The molecule has 282 valence electrons. The highest BCUT2D eigenvalue weighted by molar-refractivity contribution is 9.10. The monoisotopic (exact) mass is 807 g/mol. The van der Waals surface area contributed by atoms with Gasteiger partial charge in [0.15, 0.2) is 0 Å². The fourth-order valence-corrected chi connectivity index (χ4v) is 5.79. The highest BCUT2D eigenvalue weighted by atomic mass is 79.9. The second-order valence-electron chi connectivity index (χ2n) is 13.5. The summed E-state index contributed by atoms with van der Waals surface area (Å²) < 4.78 is 18.4. The predicted molar refractivity (Wildman–Crippen MR) is 231 cm³/mol. The number of nitrogen functional groups attached to an aromatic ring is 3. The fourth-order valence-electron chi connectivity index (χ4n) is 5.40. The number of nitrogens with two attached hydrogens (primary N) is 3. The maximum Gasteiger partial charge on any atom is 0.120 e. The van der Waals surface area contributed by atoms with Crippen LogP contribution in [-0.2, 0) is 19.8 Å². The Morgan fingerprint density at radius 2 is 0.685 bits per heavy atom. The van der Waals surface area contributed by atoms with E-state index in [1.807, 2.05) is 126 Å². The molecular formula is C46H51BrClN3O3. The zero-order valence-electron chi connectivity index (χ0n) is 32.2. The predicted octanol–water partition coefficient (Wildman–Crippen LogP) is 12.1. The maximum atomic E-state index is 5.92. The van der Waals surface area contributed by atoms with Crippen LogP contribution in [0.25, 0.3) is 0 Å². The zero-order valence-corrected chi connectivity index (χ0v) is 34.6. The van der Waals surface area contributed by atoms with Crippen LogP contribution in [0.15, 0.2) is 114 Å². The molecule has 0 spiro atoms. The van der Waals surface area contributed by atoms with Crippen molar-refractivity contribution in [2.24, 2.45) is 0 Å². The Hall–Kier alpha value is -5.11. The first-order valence-corrected chi connectivity index (χ1v) is 18.9. The zero-order chi connectivity index (χ0) is 39.4. The van der Waals surface area contributed by atoms with Gasteiger partial charge < -0.3 is 31.4 Å². The SMILES string of the molecule is Cc1cc(OCc2ccc(Br)cc2)cc(C)c1N.Cc1cc(OCc2ccc(Cl)cc2)cc(C)c1N.Cc1ccc(COc2cc(C)c(N)c(C)c2)cc1. The van der Waals surface area contributed by atoms with Gasteiger partial charge in [0, 0.05) is 26.6 Å². The Balaban J connectivity index is 0.000000180. The quantitative estimate of drug-likeness (QED) is 0.126. The summed E-state index contributed by atoms with van der Waals surface area (Å²) in [4.78, 5) is 0. The van der Waals surface area contributed by atoms with Gasteiger partial charge in [-0.25, -0.2) is 0 Å². The highest BCUT2D eigenvalue weighted by Crippen LogP contribution is 2.27. The minimum atomic E-state index is 0.528. The van der Waals surface area contributed by atoms with Gasteiger partial charge in [-0.05, 0) is 159 Å². The van der Waals surface area contributed by atoms with E-state index in [4.69, 9.17) is 43.0 Å². The first kappa shape index (κ1) is 41.6. The number of hydrogen-bond donors (Lipinski definition) is 3. The molecule has 0 saturated heterocycles. The molecule has 6 aromatic carbocycles. The first-order valence-electron chi connectivity index (χ1n) is 17.7. The van der Waals surface area contributed by atoms with E-state index in [0.717, 1.165) is 88.3 Å². The minimum absolute atomic E-state index is 0.528. The standard InChI is InChI=1S/C16H19NO.C15H16BrNO.C15H16ClNO/c1-11-4-6-14(7-5-11)10-18-15-8-12(2)16(17)13(3)9-15;2*1-10-7-14(8-11(2)15(10)17)18-9-12-3-5-13(16)6-4-12/h4-9H,10,17H2,1-3H3;2*3-8H,9,17H2,1-2H3. The van der Waals surface area contributed by atoms with E-state index in [0.29, 0.717) is 19.8 Å². The lowest BCUT2D eigenvalue weighted by Gasteiger charge is -2.11. The molecule has 0 amide bonds. The van der Waals surface area contributed by atoms with Crippen LogP contribution in [0.3, 0.4) is 0 Å². The lowest BCUT2D eigenvalue weighted by molar-refractivity contribution is 0.306. The molecule has 0 heterocycles. The van der Waals surface area contributed by atoms with Gasteiger partial charge in [0.1, 0.15) is 37.1 Å². The molecule has 0 radical (unpaired) electrons. The van der Waals surface area contributed by atoms with Crippen molar-refractivity contribution < 1.29 is 14.2 Å². The molecule has 6 N–H and O–H groups in total. The molecule has 0 aromatic heterocycles. The molecule has 0 atom stereocenters. The van der Waals surface area contributed by atoms with E-state index >= 15 is 0 Å². The van der Waals surface area contributed by atoms with Gasteiger partial charge in [-0.1, -0.05) is 81.6 Å². The second kappa shape index (κ2) is 19.8. The molecule has 8 heteroatoms. The van der Waals surface area contributed by atoms with Crippen LogP contribution in [-0.4, -0.2) is 0 Å². The Bertz CT molecular complexity index is 1820. The molecule has 0 aliphatic carbocycles. The molecular weight excluding hydrogens is 758 g/mol. The van der Waals surface area contributed by atoms with Crippen LogP contribution in [0, 0.1) is 48.5 Å². The summed E-state index contributed by atoms with van der Waals surface area (Å²) in [6.07, 6.45) is 0. The number of hydrogen-bond acceptors (Lipinski definition) is 6. The van der Waals surface area contributed by atoms with Crippen molar-refractivity contribution in [3.05, 3.63) is 174 Å². The maximum absolute atomic E-state index is 5.92. The second-order valence-corrected chi connectivity index (χ2v) is 14.9. The van der Waals surface area contributed by atoms with Crippen LogP contribution in [0.1, 0.15) is 55.6 Å². The topological polar surface area (TPSA) is 106 Å². The summed E-state index contributed by atoms with van der Waals surface area (Å²) in [5, 5.41) is 0.734. The van der Waals surface area contributed by atoms with Crippen molar-refractivity contribution in [1.82, 2.24) is 0 Å². The Morgan fingerprint density at radius 1 is 0.426 bits per heavy atom. The number of rotatable bonds is 9. The van der Waals surface area contributed by atoms with Gasteiger partial charge in [0.25, 0.3) is 0 Å². The third kappa shape index (κ3) is 12.8. The molecule has 6 rings (SSSR count). The Kier molecular flexibility index (Phi) is 15.3. The molecule has 0 unspecified atom stereocenters. The van der Waals surface area contributed by atoms with E-state index in [-0.39, 0.29) is 0 Å². The summed E-state index contributed by atoms with van der Waals surface area (Å²) in [6, 6.07) is 35.9. The van der Waals surface area contributed by atoms with Crippen molar-refractivity contribution in [1.29, 1.82) is 0 Å². The van der Waals surface area contributed by atoms with Crippen molar-refractivity contribution in [2.45, 2.75) is 68.3 Å². The average molecular weight is 809 g/mol. The molecule has 0 aliphatic rings. The molecule has 0 aliphatic heterocycles. The number of halogens is 2. The van der Waals surface area contributed by atoms with Crippen LogP contribution < -0.4 is 31.4 Å². The van der Waals surface area contributed by atoms with Gasteiger partial charge >= 0.3 is 0 Å². The molecule has 0 saturated carbocycles. The average Bonchev–Trinajstić information content (AvgIpc) is 3.14. The van der Waals surface area contributed by atoms with Crippen LogP contribution in [0.4, 0.5) is 17.1 Å². The summed E-state index contributed by atoms with van der Waals surface area (Å²) in [7, 11) is 0. The van der Waals surface area contributed by atoms with E-state index in [9.17, 15) is 0 Å². The molecule has 6 nitrogen and oxygen atoms in total.